The summed E-state index contributed by atoms with van der Waals surface area (Å²) < 4.78 is 10.3. The topological polar surface area (TPSA) is 80.9 Å². The van der Waals surface area contributed by atoms with E-state index in [1.807, 2.05) is 0 Å². The predicted molar refractivity (Wildman–Crippen MR) is 80.1 cm³/mol. The zero-order valence-electron chi connectivity index (χ0n) is 11.7. The molecule has 1 aromatic carbocycles. The molecule has 1 N–H and O–H groups in total. The van der Waals surface area contributed by atoms with Crippen LogP contribution in [0.2, 0.25) is 0 Å². The Bertz CT molecular complexity index is 771. The first-order valence-electron chi connectivity index (χ1n) is 6.56. The fourth-order valence-corrected chi connectivity index (χ4v) is 1.94. The Morgan fingerprint density at radius 3 is 2.64 bits per heavy atom. The summed E-state index contributed by atoms with van der Waals surface area (Å²) >= 11 is 0. The Kier molecular flexibility index (Phi) is 3.57. The van der Waals surface area contributed by atoms with E-state index >= 15 is 0 Å². The highest BCUT2D eigenvalue weighted by molar-refractivity contribution is 6.12. The quantitative estimate of drug-likeness (QED) is 0.697. The van der Waals surface area contributed by atoms with Crippen LogP contribution in [-0.4, -0.2) is 17.8 Å². The van der Waals surface area contributed by atoms with Crippen LogP contribution in [0.3, 0.4) is 0 Å². The average molecular weight is 296 g/mol. The molecule has 0 atom stereocenters. The second-order valence-electron chi connectivity index (χ2n) is 4.61. The number of esters is 1. The summed E-state index contributed by atoms with van der Waals surface area (Å²) in [5.41, 5.74) is 1.48. The maximum Gasteiger partial charge on any atom is 0.363 e. The molecule has 1 aromatic heterocycles. The molecular formula is C16H12N2O4. The lowest BCUT2D eigenvalue weighted by atomic mass is 10.2. The summed E-state index contributed by atoms with van der Waals surface area (Å²) in [6.45, 7) is 1.43. The Labute approximate surface area is 126 Å². The minimum atomic E-state index is -0.530. The molecule has 22 heavy (non-hydrogen) atoms. The van der Waals surface area contributed by atoms with Crippen molar-refractivity contribution in [2.24, 2.45) is 4.99 Å². The van der Waals surface area contributed by atoms with E-state index in [-0.39, 0.29) is 17.5 Å². The van der Waals surface area contributed by atoms with Gasteiger partial charge in [-0.05, 0) is 36.4 Å². The van der Waals surface area contributed by atoms with Gasteiger partial charge in [-0.3, -0.25) is 4.79 Å². The molecule has 0 radical (unpaired) electrons. The molecule has 110 valence electrons. The van der Waals surface area contributed by atoms with Crippen LogP contribution in [0.4, 0.5) is 5.69 Å². The molecule has 6 nitrogen and oxygen atoms in total. The first-order chi connectivity index (χ1) is 10.6. The van der Waals surface area contributed by atoms with Crippen LogP contribution in [0.1, 0.15) is 18.2 Å². The Balaban J connectivity index is 1.83. The normalized spacial score (nSPS) is 15.6. The number of amides is 1. The number of benzene rings is 1. The van der Waals surface area contributed by atoms with E-state index in [1.54, 1.807) is 36.4 Å². The Morgan fingerprint density at radius 2 is 2.00 bits per heavy atom. The van der Waals surface area contributed by atoms with Crippen molar-refractivity contribution in [3.63, 3.8) is 0 Å². The number of nitrogens with zero attached hydrogens (tertiary/aromatic N) is 1. The smallest absolute Gasteiger partial charge is 0.363 e. The molecule has 6 heteroatoms. The number of cyclic esters (lactones) is 1. The number of hydrogen-bond donors (Lipinski definition) is 1. The fourth-order valence-electron chi connectivity index (χ4n) is 1.94. The second-order valence-corrected chi connectivity index (χ2v) is 4.61. The molecule has 3 rings (SSSR count). The van der Waals surface area contributed by atoms with Gasteiger partial charge in [0.15, 0.2) is 5.70 Å². The maximum absolute atomic E-state index is 11.8. The van der Waals surface area contributed by atoms with Crippen LogP contribution in [-0.2, 0) is 14.3 Å². The van der Waals surface area contributed by atoms with E-state index < -0.39 is 5.97 Å². The summed E-state index contributed by atoms with van der Waals surface area (Å²) in [5.74, 6) is 0.0635. The van der Waals surface area contributed by atoms with Gasteiger partial charge in [0, 0.05) is 24.3 Å². The monoisotopic (exact) mass is 296 g/mol. The van der Waals surface area contributed by atoms with E-state index in [4.69, 9.17) is 9.15 Å². The van der Waals surface area contributed by atoms with Gasteiger partial charge in [-0.2, -0.15) is 0 Å². The van der Waals surface area contributed by atoms with Gasteiger partial charge in [-0.1, -0.05) is 0 Å². The van der Waals surface area contributed by atoms with Crippen molar-refractivity contribution in [1.29, 1.82) is 0 Å². The third-order valence-electron chi connectivity index (χ3n) is 2.89. The molecule has 0 fully saturated rings. The van der Waals surface area contributed by atoms with Crippen molar-refractivity contribution >= 4 is 29.5 Å². The summed E-state index contributed by atoms with van der Waals surface area (Å²) in [6.07, 6.45) is 3.03. The van der Waals surface area contributed by atoms with Gasteiger partial charge in [0.2, 0.25) is 11.8 Å². The number of anilines is 1. The Morgan fingerprint density at radius 1 is 1.23 bits per heavy atom. The lowest BCUT2D eigenvalue weighted by Gasteiger charge is -2.03. The lowest BCUT2D eigenvalue weighted by molar-refractivity contribution is -0.130. The van der Waals surface area contributed by atoms with Crippen molar-refractivity contribution in [2.75, 3.05) is 5.32 Å². The van der Waals surface area contributed by atoms with E-state index in [0.717, 1.165) is 0 Å². The van der Waals surface area contributed by atoms with Crippen LogP contribution in [0.5, 0.6) is 0 Å². The van der Waals surface area contributed by atoms with E-state index in [9.17, 15) is 9.59 Å². The van der Waals surface area contributed by atoms with Gasteiger partial charge < -0.3 is 14.5 Å². The van der Waals surface area contributed by atoms with Crippen LogP contribution >= 0.6 is 0 Å². The third-order valence-corrected chi connectivity index (χ3v) is 2.89. The molecule has 2 aromatic rings. The van der Waals surface area contributed by atoms with E-state index in [0.29, 0.717) is 17.0 Å². The number of carbonyl (C=O) groups is 2. The van der Waals surface area contributed by atoms with Gasteiger partial charge in [0.1, 0.15) is 5.76 Å². The highest BCUT2D eigenvalue weighted by atomic mass is 16.6. The Hall–Kier alpha value is -3.15. The standard InChI is InChI=1S/C16H12N2O4/c1-10(19)17-12-6-4-11(5-7-12)15-18-14(16(20)22-15)9-13-3-2-8-21-13/h2-9H,1H3,(H,17,19)/b14-9+. The summed E-state index contributed by atoms with van der Waals surface area (Å²) in [7, 11) is 0. The first kappa shape index (κ1) is 13.8. The molecule has 0 bridgehead atoms. The van der Waals surface area contributed by atoms with Crippen LogP contribution < -0.4 is 5.32 Å². The highest BCUT2D eigenvalue weighted by Crippen LogP contribution is 2.20. The zero-order chi connectivity index (χ0) is 15.5. The number of nitrogens with one attached hydrogen (secondary N) is 1. The minimum Gasteiger partial charge on any atom is -0.465 e. The van der Waals surface area contributed by atoms with Crippen LogP contribution in [0.15, 0.2) is 57.8 Å². The molecule has 0 unspecified atom stereocenters. The SMILES string of the molecule is CC(=O)Nc1ccc(C2=N/C(=C/c3ccco3)C(=O)O2)cc1. The van der Waals surface area contributed by atoms with E-state index in [1.165, 1.54) is 19.3 Å². The van der Waals surface area contributed by atoms with E-state index in [2.05, 4.69) is 10.3 Å². The molecule has 0 saturated carbocycles. The van der Waals surface area contributed by atoms with Crippen molar-refractivity contribution in [2.45, 2.75) is 6.92 Å². The lowest BCUT2D eigenvalue weighted by Crippen LogP contribution is -2.07. The molecule has 1 amide bonds. The summed E-state index contributed by atoms with van der Waals surface area (Å²) in [4.78, 5) is 26.9. The largest absolute Gasteiger partial charge is 0.465 e. The van der Waals surface area contributed by atoms with Crippen LogP contribution in [0.25, 0.3) is 6.08 Å². The molecule has 0 spiro atoms. The number of carbonyl (C=O) groups excluding carboxylic acids is 2. The number of ether oxygens (including phenoxy) is 1. The van der Waals surface area contributed by atoms with Gasteiger partial charge in [-0.25, -0.2) is 9.79 Å². The number of furan rings is 1. The third kappa shape index (κ3) is 2.95. The van der Waals surface area contributed by atoms with Gasteiger partial charge in [-0.15, -0.1) is 0 Å². The zero-order valence-corrected chi connectivity index (χ0v) is 11.7. The maximum atomic E-state index is 11.8. The number of rotatable bonds is 3. The molecule has 2 heterocycles. The number of aliphatic imine (C=N–C) groups is 1. The van der Waals surface area contributed by atoms with Crippen molar-refractivity contribution in [3.8, 4) is 0 Å². The highest BCUT2D eigenvalue weighted by Gasteiger charge is 2.24. The number of hydrogen-bond acceptors (Lipinski definition) is 5. The van der Waals surface area contributed by atoms with Crippen molar-refractivity contribution < 1.29 is 18.7 Å². The molecule has 1 aliphatic heterocycles. The van der Waals surface area contributed by atoms with Gasteiger partial charge in [0.25, 0.3) is 0 Å². The molecule has 0 saturated heterocycles. The predicted octanol–water partition coefficient (Wildman–Crippen LogP) is 2.58. The van der Waals surface area contributed by atoms with Gasteiger partial charge >= 0.3 is 5.97 Å². The summed E-state index contributed by atoms with van der Waals surface area (Å²) in [6, 6.07) is 10.3. The van der Waals surface area contributed by atoms with Gasteiger partial charge in [0.05, 0.1) is 6.26 Å². The first-order valence-corrected chi connectivity index (χ1v) is 6.56. The second kappa shape index (κ2) is 5.69. The van der Waals surface area contributed by atoms with Crippen LogP contribution in [0, 0.1) is 0 Å². The minimum absolute atomic E-state index is 0.152. The summed E-state index contributed by atoms with van der Waals surface area (Å²) in [5, 5.41) is 2.66. The van der Waals surface area contributed by atoms with Crippen molar-refractivity contribution in [3.05, 3.63) is 59.7 Å². The molecular weight excluding hydrogens is 284 g/mol. The fraction of sp³-hybridized carbons (Fsp3) is 0.0625. The molecule has 0 aliphatic carbocycles. The molecule has 1 aliphatic rings. The average Bonchev–Trinajstić information content (AvgIpc) is 3.10. The van der Waals surface area contributed by atoms with Crippen molar-refractivity contribution in [1.82, 2.24) is 0 Å².